The summed E-state index contributed by atoms with van der Waals surface area (Å²) in [6.45, 7) is 2.48. The normalized spacial score (nSPS) is 15.8. The standard InChI is InChI=1S/C39H44ClF3N8O6/c1-47(2)20-21-56-36(53)27-8-10-28(11-9-27)48-16-18-49(19-17-48)35(52)32(24-25-22-30(39(41,42)43)33(44)31(40)23-25)57-38(55)50-14-12-29(13-15-50)51-37(54)45-34(46-51)26-6-4-3-5-7-26/h3-11,22-23,29,32H,12-21,24,44H2,1-2H3,(H,45,46,54)/t32-/m1/s1. The minimum atomic E-state index is -4.82. The van der Waals surface area contributed by atoms with E-state index >= 15 is 0 Å². The Morgan fingerprint density at radius 3 is 2.26 bits per heavy atom. The molecule has 57 heavy (non-hydrogen) atoms. The SMILES string of the molecule is CN(C)CCOC(=O)c1ccc(N2CCN(C(=O)[C@@H](Cc3cc(Cl)c(N)c(C(F)(F)F)c3)OC(=O)N3CCC(n4nc(-c5ccccc5)[nH]c4=O)CC3)CC2)cc1. The molecule has 0 unspecified atom stereocenters. The molecule has 18 heteroatoms. The van der Waals surface area contributed by atoms with Gasteiger partial charge in [0.2, 0.25) is 0 Å². The Morgan fingerprint density at radius 1 is 0.965 bits per heavy atom. The number of hydrogen-bond donors (Lipinski definition) is 2. The number of alkyl halides is 3. The number of benzene rings is 3. The molecule has 4 aromatic rings. The molecule has 1 atom stereocenters. The van der Waals surface area contributed by atoms with E-state index in [2.05, 4.69) is 10.1 Å². The van der Waals surface area contributed by atoms with Gasteiger partial charge in [0.05, 0.1) is 27.9 Å². The summed E-state index contributed by atoms with van der Waals surface area (Å²) >= 11 is 6.11. The first-order chi connectivity index (χ1) is 27.2. The lowest BCUT2D eigenvalue weighted by atomic mass is 10.0. The Morgan fingerprint density at radius 2 is 1.63 bits per heavy atom. The zero-order valence-corrected chi connectivity index (χ0v) is 32.3. The lowest BCUT2D eigenvalue weighted by Crippen LogP contribution is -2.53. The maximum absolute atomic E-state index is 14.1. The van der Waals surface area contributed by atoms with Crippen LogP contribution in [0.2, 0.25) is 5.02 Å². The Labute approximate surface area is 331 Å². The summed E-state index contributed by atoms with van der Waals surface area (Å²) in [5.41, 5.74) is 5.46. The van der Waals surface area contributed by atoms with E-state index in [0.717, 1.165) is 17.3 Å². The van der Waals surface area contributed by atoms with E-state index in [9.17, 15) is 32.3 Å². The average molecular weight is 813 g/mol. The monoisotopic (exact) mass is 812 g/mol. The molecule has 0 radical (unpaired) electrons. The van der Waals surface area contributed by atoms with Crippen molar-refractivity contribution in [3.63, 3.8) is 0 Å². The van der Waals surface area contributed by atoms with Gasteiger partial charge in [-0.05, 0) is 68.9 Å². The van der Waals surface area contributed by atoms with Crippen LogP contribution >= 0.6 is 11.6 Å². The highest BCUT2D eigenvalue weighted by molar-refractivity contribution is 6.33. The molecule has 3 heterocycles. The first-order valence-electron chi connectivity index (χ1n) is 18.5. The minimum absolute atomic E-state index is 0.0116. The fourth-order valence-corrected chi connectivity index (χ4v) is 7.06. The number of aromatic nitrogens is 3. The highest BCUT2D eigenvalue weighted by Gasteiger charge is 2.37. The van der Waals surface area contributed by atoms with Crippen molar-refractivity contribution < 1.29 is 37.0 Å². The molecule has 0 spiro atoms. The molecule has 0 aliphatic carbocycles. The zero-order valence-electron chi connectivity index (χ0n) is 31.5. The highest BCUT2D eigenvalue weighted by Crippen LogP contribution is 2.38. The molecule has 3 aromatic carbocycles. The van der Waals surface area contributed by atoms with Crippen molar-refractivity contribution in [3.05, 3.63) is 98.9 Å². The smallest absolute Gasteiger partial charge is 0.418 e. The van der Waals surface area contributed by atoms with E-state index in [4.69, 9.17) is 26.8 Å². The van der Waals surface area contributed by atoms with Gasteiger partial charge in [-0.1, -0.05) is 41.9 Å². The number of nitrogen functional groups attached to an aromatic ring is 1. The van der Waals surface area contributed by atoms with Gasteiger partial charge in [-0.2, -0.15) is 13.2 Å². The molecule has 3 N–H and O–H groups in total. The third-order valence-corrected chi connectivity index (χ3v) is 10.3. The molecule has 1 aromatic heterocycles. The van der Waals surface area contributed by atoms with E-state index < -0.39 is 41.5 Å². The number of ether oxygens (including phenoxy) is 2. The van der Waals surface area contributed by atoms with Gasteiger partial charge in [0.1, 0.15) is 6.61 Å². The fourth-order valence-electron chi connectivity index (χ4n) is 6.82. The summed E-state index contributed by atoms with van der Waals surface area (Å²) in [7, 11) is 3.76. The average Bonchev–Trinajstić information content (AvgIpc) is 3.59. The highest BCUT2D eigenvalue weighted by atomic mass is 35.5. The number of likely N-dealkylation sites (tertiary alicyclic amines) is 1. The van der Waals surface area contributed by atoms with Crippen LogP contribution in [0.4, 0.5) is 29.3 Å². The largest absolute Gasteiger partial charge is 0.461 e. The third-order valence-electron chi connectivity index (χ3n) is 10.0. The molecule has 2 saturated heterocycles. The Hall–Kier alpha value is -5.55. The number of esters is 1. The van der Waals surface area contributed by atoms with E-state index in [0.29, 0.717) is 43.9 Å². The van der Waals surface area contributed by atoms with E-state index in [-0.39, 0.29) is 61.5 Å². The number of carbonyl (C=O) groups is 3. The second-order valence-corrected chi connectivity index (χ2v) is 14.6. The van der Waals surface area contributed by atoms with Crippen LogP contribution in [0.15, 0.2) is 71.5 Å². The van der Waals surface area contributed by atoms with Crippen molar-refractivity contribution in [2.75, 3.05) is 77.1 Å². The van der Waals surface area contributed by atoms with Gasteiger partial charge in [-0.25, -0.2) is 19.1 Å². The second kappa shape index (κ2) is 17.7. The first-order valence-corrected chi connectivity index (χ1v) is 18.9. The number of likely N-dealkylation sites (N-methyl/N-ethyl adjacent to an activating group) is 1. The Balaban J connectivity index is 1.12. The number of nitrogens with zero attached hydrogens (tertiary/aromatic N) is 6. The van der Waals surface area contributed by atoms with E-state index in [1.807, 2.05) is 54.2 Å². The van der Waals surface area contributed by atoms with Crippen molar-refractivity contribution in [1.29, 1.82) is 0 Å². The molecule has 2 fully saturated rings. The number of nitrogens with two attached hydrogens (primary N) is 1. The van der Waals surface area contributed by atoms with Crippen LogP contribution in [0.25, 0.3) is 11.4 Å². The van der Waals surface area contributed by atoms with Gasteiger partial charge in [0.25, 0.3) is 5.91 Å². The van der Waals surface area contributed by atoms with Crippen LogP contribution < -0.4 is 16.3 Å². The lowest BCUT2D eigenvalue weighted by molar-refractivity contribution is -0.141. The molecule has 0 saturated carbocycles. The van der Waals surface area contributed by atoms with Gasteiger partial charge >= 0.3 is 23.9 Å². The lowest BCUT2D eigenvalue weighted by Gasteiger charge is -2.38. The zero-order chi connectivity index (χ0) is 40.9. The third kappa shape index (κ3) is 10.1. The number of carbonyl (C=O) groups excluding carboxylic acids is 3. The molecule has 304 valence electrons. The number of amides is 2. The van der Waals surface area contributed by atoms with Gasteiger partial charge in [-0.3, -0.25) is 9.78 Å². The van der Waals surface area contributed by atoms with Crippen LogP contribution in [0.1, 0.15) is 40.4 Å². The number of piperidine rings is 1. The molecule has 2 aliphatic rings. The van der Waals surface area contributed by atoms with Gasteiger partial charge in [0, 0.05) is 63.5 Å². The maximum atomic E-state index is 14.1. The number of halogens is 4. The van der Waals surface area contributed by atoms with Crippen LogP contribution in [0, 0.1) is 0 Å². The number of H-pyrrole nitrogens is 1. The van der Waals surface area contributed by atoms with Gasteiger partial charge in [0.15, 0.2) is 11.9 Å². The first kappa shape index (κ1) is 41.1. The minimum Gasteiger partial charge on any atom is -0.461 e. The summed E-state index contributed by atoms with van der Waals surface area (Å²) in [6.07, 6.45) is -6.76. The second-order valence-electron chi connectivity index (χ2n) is 14.2. The molecule has 14 nitrogen and oxygen atoms in total. The molecular formula is C39H44ClF3N8O6. The fraction of sp³-hybridized carbons (Fsp3) is 0.410. The molecule has 2 aliphatic heterocycles. The summed E-state index contributed by atoms with van der Waals surface area (Å²) in [6, 6.07) is 17.9. The molecule has 0 bridgehead atoms. The van der Waals surface area contributed by atoms with E-state index in [1.165, 1.54) is 20.5 Å². The summed E-state index contributed by atoms with van der Waals surface area (Å²) < 4.78 is 54.1. The van der Waals surface area contributed by atoms with Gasteiger partial charge < -0.3 is 34.8 Å². The molecule has 6 rings (SSSR count). The van der Waals surface area contributed by atoms with Crippen LogP contribution in [-0.4, -0.2) is 120 Å². The van der Waals surface area contributed by atoms with Crippen molar-refractivity contribution in [1.82, 2.24) is 29.5 Å². The van der Waals surface area contributed by atoms with Crippen LogP contribution in [0.3, 0.4) is 0 Å². The Bertz CT molecular complexity index is 2100. The van der Waals surface area contributed by atoms with Crippen molar-refractivity contribution in [3.8, 4) is 11.4 Å². The van der Waals surface area contributed by atoms with Gasteiger partial charge in [-0.15, -0.1) is 5.10 Å². The number of piperazine rings is 1. The number of rotatable bonds is 11. The van der Waals surface area contributed by atoms with E-state index in [1.54, 1.807) is 24.3 Å². The Kier molecular flexibility index (Phi) is 12.8. The van der Waals surface area contributed by atoms with Crippen LogP contribution in [-0.2, 0) is 26.9 Å². The van der Waals surface area contributed by atoms with Crippen molar-refractivity contribution in [2.24, 2.45) is 0 Å². The summed E-state index contributed by atoms with van der Waals surface area (Å²) in [4.78, 5) is 62.5. The van der Waals surface area contributed by atoms with Crippen LogP contribution in [0.5, 0.6) is 0 Å². The predicted molar refractivity (Wildman–Crippen MR) is 207 cm³/mol. The molecular weight excluding hydrogens is 769 g/mol. The predicted octanol–water partition coefficient (Wildman–Crippen LogP) is 4.94. The number of aromatic amines is 1. The van der Waals surface area contributed by atoms with Crippen molar-refractivity contribution >= 4 is 40.9 Å². The number of anilines is 2. The maximum Gasteiger partial charge on any atom is 0.418 e. The summed E-state index contributed by atoms with van der Waals surface area (Å²) in [5, 5.41) is 4.13. The number of hydrogen-bond acceptors (Lipinski definition) is 10. The summed E-state index contributed by atoms with van der Waals surface area (Å²) in [5.74, 6) is -0.585. The molecule has 2 amide bonds. The van der Waals surface area contributed by atoms with Crippen molar-refractivity contribution in [2.45, 2.75) is 37.6 Å². The topological polar surface area (TPSA) is 159 Å². The number of nitrogens with one attached hydrogen (secondary N) is 1. The quantitative estimate of drug-likeness (QED) is 0.157.